The number of thioether (sulfide) groups is 2. The number of methoxy groups -OCH3 is 1. The molecule has 0 radical (unpaired) electrons. The quantitative estimate of drug-likeness (QED) is 0.150. The molecule has 2 aromatic heterocycles. The van der Waals surface area contributed by atoms with E-state index in [0.29, 0.717) is 10.7 Å². The van der Waals surface area contributed by atoms with Gasteiger partial charge in [0.15, 0.2) is 5.76 Å². The lowest BCUT2D eigenvalue weighted by atomic mass is 9.98. The average Bonchev–Trinajstić information content (AvgIpc) is 3.39. The number of carbonyl (C=O) groups is 3. The third-order valence-electron chi connectivity index (χ3n) is 5.14. The van der Waals surface area contributed by atoms with Gasteiger partial charge in [-0.1, -0.05) is 23.4 Å². The van der Waals surface area contributed by atoms with Crippen LogP contribution >= 0.6 is 35.1 Å². The molecule has 2 amide bonds. The van der Waals surface area contributed by atoms with Crippen LogP contribution in [0.4, 0.5) is 0 Å². The number of halogens is 1. The van der Waals surface area contributed by atoms with Crippen LogP contribution in [0.15, 0.2) is 20.9 Å². The molecule has 0 unspecified atom stereocenters. The van der Waals surface area contributed by atoms with Crippen molar-refractivity contribution in [2.45, 2.75) is 22.7 Å². The number of fused-ring (bicyclic) bond motifs is 1. The molecule has 1 fully saturated rings. The molecule has 0 aliphatic carbocycles. The molecule has 200 valence electrons. The van der Waals surface area contributed by atoms with Crippen LogP contribution in [0.5, 0.6) is 5.88 Å². The first-order chi connectivity index (χ1) is 17.4. The first-order valence-electron chi connectivity index (χ1n) is 10.0. The molecule has 0 aromatic carbocycles. The molecule has 4 heterocycles. The first-order valence-corrected chi connectivity index (χ1v) is 14.3. The Hall–Kier alpha value is -2.87. The monoisotopic (exact) mass is 595 g/mol. The molecule has 4 rings (SSSR count). The summed E-state index contributed by atoms with van der Waals surface area (Å²) in [6.45, 7) is 0. The summed E-state index contributed by atoms with van der Waals surface area (Å²) < 4.78 is 38.8. The second-order valence-corrected chi connectivity index (χ2v) is 11.6. The summed E-state index contributed by atoms with van der Waals surface area (Å²) in [7, 11) is -1.10. The summed E-state index contributed by atoms with van der Waals surface area (Å²) in [6.07, 6.45) is 0.240. The van der Waals surface area contributed by atoms with Gasteiger partial charge in [0, 0.05) is 25.7 Å². The summed E-state index contributed by atoms with van der Waals surface area (Å²) in [5, 5.41) is 26.1. The molecule has 0 spiro atoms. The molecule has 1 saturated heterocycles. The van der Waals surface area contributed by atoms with Gasteiger partial charge in [-0.2, -0.15) is 8.42 Å². The van der Waals surface area contributed by atoms with Crippen LogP contribution in [0, 0.1) is 0 Å². The fourth-order valence-corrected chi connectivity index (χ4v) is 6.60. The number of carbonyl (C=O) groups excluding carboxylic acids is 2. The van der Waals surface area contributed by atoms with Crippen molar-refractivity contribution in [3.05, 3.63) is 22.1 Å². The van der Waals surface area contributed by atoms with Crippen LogP contribution in [0.2, 0.25) is 5.02 Å². The third-order valence-corrected chi connectivity index (χ3v) is 8.44. The number of carboxylic acid groups (broad SMARTS) is 1. The van der Waals surface area contributed by atoms with Crippen LogP contribution in [0.1, 0.15) is 5.76 Å². The van der Waals surface area contributed by atoms with Gasteiger partial charge in [0.25, 0.3) is 17.5 Å². The Balaban J connectivity index is 1.50. The molecule has 2 aliphatic heterocycles. The number of amides is 2. The molecule has 37 heavy (non-hydrogen) atoms. The number of aliphatic carboxylic acids is 1. The van der Waals surface area contributed by atoms with E-state index in [9.17, 15) is 27.9 Å². The van der Waals surface area contributed by atoms with E-state index in [2.05, 4.69) is 30.2 Å². The number of aromatic nitrogens is 5. The minimum atomic E-state index is -3.94. The fraction of sp³-hybridized carbons (Fsp3) is 0.471. The zero-order valence-corrected chi connectivity index (χ0v) is 22.4. The largest absolute Gasteiger partial charge is 0.477 e. The van der Waals surface area contributed by atoms with Gasteiger partial charge in [-0.05, 0) is 21.2 Å². The van der Waals surface area contributed by atoms with E-state index in [-0.39, 0.29) is 28.0 Å². The minimum Gasteiger partial charge on any atom is -0.477 e. The van der Waals surface area contributed by atoms with Crippen LogP contribution < -0.4 is 9.50 Å². The summed E-state index contributed by atoms with van der Waals surface area (Å²) >= 11 is 8.41. The number of rotatable bonds is 10. The van der Waals surface area contributed by atoms with E-state index in [1.165, 1.54) is 35.3 Å². The molecular weight excluding hydrogens is 578 g/mol. The summed E-state index contributed by atoms with van der Waals surface area (Å²) in [5.74, 6) is -3.19. The topological polar surface area (TPSA) is 209 Å². The van der Waals surface area contributed by atoms with Gasteiger partial charge in [0.2, 0.25) is 11.1 Å². The third kappa shape index (κ3) is 5.13. The Bertz CT molecular complexity index is 1410. The number of tetrazole rings is 1. The lowest BCUT2D eigenvalue weighted by Crippen LogP contribution is -2.80. The molecule has 2 atom stereocenters. The van der Waals surface area contributed by atoms with E-state index in [4.69, 9.17) is 20.9 Å². The molecule has 16 nitrogen and oxygen atoms in total. The number of β-lactam (4-membered cyclic amide) rings is 1. The van der Waals surface area contributed by atoms with Gasteiger partial charge in [0.1, 0.15) is 16.1 Å². The van der Waals surface area contributed by atoms with Crippen LogP contribution in [0.25, 0.3) is 0 Å². The molecule has 0 bridgehead atoms. The van der Waals surface area contributed by atoms with Crippen LogP contribution in [-0.2, 0) is 42.7 Å². The number of nitrogens with one attached hydrogen (secondary N) is 1. The van der Waals surface area contributed by atoms with Crippen LogP contribution in [0.3, 0.4) is 0 Å². The first kappa shape index (κ1) is 27.2. The minimum absolute atomic E-state index is 0.209. The lowest BCUT2D eigenvalue weighted by Gasteiger charge is -2.55. The predicted octanol–water partition coefficient (Wildman–Crippen LogP) is -0.763. The Labute approximate surface area is 222 Å². The van der Waals surface area contributed by atoms with Crippen molar-refractivity contribution in [1.29, 1.82) is 0 Å². The summed E-state index contributed by atoms with van der Waals surface area (Å²) in [4.78, 5) is 39.1. The maximum Gasteiger partial charge on any atom is 0.352 e. The van der Waals surface area contributed by atoms with Gasteiger partial charge >= 0.3 is 16.1 Å². The zero-order valence-electron chi connectivity index (χ0n) is 19.2. The normalized spacial score (nSPS) is 21.5. The number of ether oxygens (including phenoxy) is 1. The molecule has 2 N–H and O–H groups in total. The second kappa shape index (κ2) is 10.1. The van der Waals surface area contributed by atoms with Gasteiger partial charge < -0.3 is 23.9 Å². The van der Waals surface area contributed by atoms with E-state index in [1.54, 1.807) is 7.05 Å². The van der Waals surface area contributed by atoms with Crippen molar-refractivity contribution >= 4 is 63.0 Å². The fourth-order valence-electron chi connectivity index (χ4n) is 3.55. The van der Waals surface area contributed by atoms with Crippen molar-refractivity contribution in [2.75, 3.05) is 24.9 Å². The van der Waals surface area contributed by atoms with Crippen molar-refractivity contribution in [3.8, 4) is 5.88 Å². The van der Waals surface area contributed by atoms with Crippen LogP contribution in [-0.4, -0.2) is 97.5 Å². The Morgan fingerprint density at radius 2 is 2.16 bits per heavy atom. The second-order valence-electron chi connectivity index (χ2n) is 7.65. The van der Waals surface area contributed by atoms with Crippen molar-refractivity contribution < 1.29 is 41.4 Å². The number of hydrogen-bond acceptors (Lipinski definition) is 14. The lowest BCUT2D eigenvalue weighted by molar-refractivity contribution is -0.192. The van der Waals surface area contributed by atoms with Crippen molar-refractivity contribution in [2.24, 2.45) is 7.05 Å². The molecule has 2 aromatic rings. The smallest absolute Gasteiger partial charge is 0.352 e. The standard InChI is InChI=1S/C17H18ClN7O9S3/c1-24-16(20-22-23-24)36-6-7-5-35-15-17(32-2,14(29)25(15)11(7)13(27)28)19-9(26)4-8-10(18)12(21-33-8)34-37(3,30)31/h15H,4-6H2,1-3H3,(H,19,26)(H,27,28)/t15-,17+/m1/s1. The van der Waals surface area contributed by atoms with Crippen molar-refractivity contribution in [3.63, 3.8) is 0 Å². The number of carboxylic acids is 1. The number of aryl methyl sites for hydroxylation is 1. The highest BCUT2D eigenvalue weighted by molar-refractivity contribution is 8.01. The zero-order chi connectivity index (χ0) is 27.1. The van der Waals surface area contributed by atoms with E-state index >= 15 is 0 Å². The molecular formula is C17H18ClN7O9S3. The average molecular weight is 596 g/mol. The maximum atomic E-state index is 13.2. The summed E-state index contributed by atoms with van der Waals surface area (Å²) in [6, 6.07) is 0. The Morgan fingerprint density at radius 1 is 1.43 bits per heavy atom. The van der Waals surface area contributed by atoms with E-state index in [1.807, 2.05) is 0 Å². The molecule has 20 heteroatoms. The SMILES string of the molecule is CO[C@@]1(NC(=O)Cc2onc(OS(C)(=O)=O)c2Cl)C(=O)N2C(C(=O)O)=C(CSc3nnnn3C)CS[C@@H]21. The maximum absolute atomic E-state index is 13.2. The van der Waals surface area contributed by atoms with E-state index in [0.717, 1.165) is 11.2 Å². The van der Waals surface area contributed by atoms with Gasteiger partial charge in [-0.3, -0.25) is 14.5 Å². The Kier molecular flexibility index (Phi) is 7.43. The predicted molar refractivity (Wildman–Crippen MR) is 126 cm³/mol. The van der Waals surface area contributed by atoms with E-state index < -0.39 is 51.3 Å². The number of nitrogens with zero attached hydrogens (tertiary/aromatic N) is 6. The highest BCUT2D eigenvalue weighted by Gasteiger charge is 2.66. The van der Waals surface area contributed by atoms with Gasteiger partial charge in [-0.25, -0.2) is 9.48 Å². The highest BCUT2D eigenvalue weighted by Crippen LogP contribution is 2.47. The van der Waals surface area contributed by atoms with Gasteiger partial charge in [0.05, 0.1) is 12.7 Å². The van der Waals surface area contributed by atoms with Crippen molar-refractivity contribution in [1.82, 2.24) is 35.6 Å². The highest BCUT2D eigenvalue weighted by atomic mass is 35.5. The molecule has 0 saturated carbocycles. The Morgan fingerprint density at radius 3 is 2.76 bits per heavy atom. The molecule has 2 aliphatic rings. The summed E-state index contributed by atoms with van der Waals surface area (Å²) in [5.41, 5.74) is -1.59. The van der Waals surface area contributed by atoms with Gasteiger partial charge in [-0.15, -0.1) is 16.9 Å². The number of hydrogen-bond donors (Lipinski definition) is 2.